The predicted octanol–water partition coefficient (Wildman–Crippen LogP) is 2.16. The summed E-state index contributed by atoms with van der Waals surface area (Å²) in [5, 5.41) is 0.0704. The van der Waals surface area contributed by atoms with Crippen molar-refractivity contribution in [3.63, 3.8) is 0 Å². The second-order valence-electron chi connectivity index (χ2n) is 4.98. The molecule has 0 saturated heterocycles. The molecule has 1 saturated carbocycles. The van der Waals surface area contributed by atoms with Crippen LogP contribution < -0.4 is 5.56 Å². The molecule has 0 aromatic carbocycles. The van der Waals surface area contributed by atoms with Crippen LogP contribution in [-0.4, -0.2) is 25.3 Å². The van der Waals surface area contributed by atoms with Gasteiger partial charge in [-0.1, -0.05) is 12.8 Å². The van der Waals surface area contributed by atoms with Crippen LogP contribution in [0.5, 0.6) is 0 Å². The summed E-state index contributed by atoms with van der Waals surface area (Å²) in [6.45, 7) is 1.34. The average Bonchev–Trinajstić information content (AvgIpc) is 2.91. The Balaban J connectivity index is 2.37. The highest BCUT2D eigenvalue weighted by atomic mass is 35.5. The first-order chi connectivity index (χ1) is 9.58. The molecule has 3 rings (SSSR count). The molecular formula is C13H13ClN4O2. The molecule has 0 aliphatic heterocycles. The van der Waals surface area contributed by atoms with Crippen molar-refractivity contribution < 1.29 is 4.79 Å². The normalized spacial score (nSPS) is 15.9. The third-order valence-corrected chi connectivity index (χ3v) is 3.81. The van der Waals surface area contributed by atoms with Crippen LogP contribution in [0, 0.1) is 0 Å². The molecule has 0 atom stereocenters. The zero-order chi connectivity index (χ0) is 14.3. The van der Waals surface area contributed by atoms with Crippen molar-refractivity contribution in [2.24, 2.45) is 0 Å². The minimum Gasteiger partial charge on any atom is -0.293 e. The van der Waals surface area contributed by atoms with Gasteiger partial charge in [0.2, 0.25) is 5.28 Å². The lowest BCUT2D eigenvalue weighted by Gasteiger charge is -2.16. The number of aromatic nitrogens is 4. The van der Waals surface area contributed by atoms with Gasteiger partial charge in [0.15, 0.2) is 17.1 Å². The molecule has 2 aromatic rings. The van der Waals surface area contributed by atoms with Crippen LogP contribution in [0.15, 0.2) is 11.0 Å². The van der Waals surface area contributed by atoms with E-state index in [2.05, 4.69) is 15.0 Å². The number of hydrogen-bond donors (Lipinski definition) is 0. The molecular weight excluding hydrogens is 280 g/mol. The Hall–Kier alpha value is -1.82. The standard InChI is InChI=1S/C13H13ClN4O2/c1-7(19)10-12(20)18(8-4-2-3-5-8)11-9(16-10)6-15-13(14)17-11/h6,8H,2-5H2,1H3. The van der Waals surface area contributed by atoms with Crippen LogP contribution in [0.3, 0.4) is 0 Å². The fourth-order valence-electron chi connectivity index (χ4n) is 2.71. The maximum atomic E-state index is 12.5. The van der Waals surface area contributed by atoms with E-state index in [1.165, 1.54) is 13.1 Å². The summed E-state index contributed by atoms with van der Waals surface area (Å²) in [7, 11) is 0. The van der Waals surface area contributed by atoms with E-state index in [1.54, 1.807) is 4.57 Å². The predicted molar refractivity (Wildman–Crippen MR) is 74.1 cm³/mol. The summed E-state index contributed by atoms with van der Waals surface area (Å²) in [5.74, 6) is -0.349. The minimum absolute atomic E-state index is 0.0528. The number of carbonyl (C=O) groups is 1. The van der Waals surface area contributed by atoms with E-state index in [0.717, 1.165) is 25.7 Å². The van der Waals surface area contributed by atoms with Crippen molar-refractivity contribution in [3.8, 4) is 0 Å². The Morgan fingerprint density at radius 1 is 1.35 bits per heavy atom. The molecule has 7 heteroatoms. The summed E-state index contributed by atoms with van der Waals surface area (Å²) in [4.78, 5) is 36.2. The molecule has 1 fully saturated rings. The zero-order valence-corrected chi connectivity index (χ0v) is 11.7. The molecule has 0 bridgehead atoms. The minimum atomic E-state index is -0.383. The van der Waals surface area contributed by atoms with Gasteiger partial charge in [0.1, 0.15) is 5.52 Å². The third kappa shape index (κ3) is 2.10. The maximum absolute atomic E-state index is 12.5. The van der Waals surface area contributed by atoms with E-state index >= 15 is 0 Å². The summed E-state index contributed by atoms with van der Waals surface area (Å²) in [6, 6.07) is 0.0528. The molecule has 6 nitrogen and oxygen atoms in total. The summed E-state index contributed by atoms with van der Waals surface area (Å²) in [6.07, 6.45) is 5.38. The topological polar surface area (TPSA) is 77.7 Å². The number of Topliss-reactive ketones (excluding diaryl/α,β-unsaturated/α-hetero) is 1. The van der Waals surface area contributed by atoms with Gasteiger partial charge in [-0.15, -0.1) is 0 Å². The first kappa shape index (κ1) is 13.2. The van der Waals surface area contributed by atoms with Crippen molar-refractivity contribution in [3.05, 3.63) is 27.5 Å². The van der Waals surface area contributed by atoms with Crippen molar-refractivity contribution in [1.82, 2.24) is 19.5 Å². The lowest BCUT2D eigenvalue weighted by atomic mass is 10.2. The molecule has 2 aromatic heterocycles. The number of rotatable bonds is 2. The monoisotopic (exact) mass is 292 g/mol. The van der Waals surface area contributed by atoms with Crippen LogP contribution >= 0.6 is 11.6 Å². The molecule has 2 heterocycles. The number of halogens is 1. The number of carbonyl (C=O) groups excluding carboxylic acids is 1. The number of ketones is 1. The first-order valence-corrected chi connectivity index (χ1v) is 6.91. The molecule has 0 amide bonds. The fraction of sp³-hybridized carbons (Fsp3) is 0.462. The molecule has 1 aliphatic carbocycles. The largest absolute Gasteiger partial charge is 0.293 e. The fourth-order valence-corrected chi connectivity index (χ4v) is 2.84. The first-order valence-electron chi connectivity index (χ1n) is 6.53. The van der Waals surface area contributed by atoms with E-state index in [-0.39, 0.29) is 28.4 Å². The SMILES string of the molecule is CC(=O)c1nc2cnc(Cl)nc2n(C2CCCC2)c1=O. The second kappa shape index (κ2) is 4.94. The molecule has 0 spiro atoms. The van der Waals surface area contributed by atoms with Crippen LogP contribution in [0.4, 0.5) is 0 Å². The van der Waals surface area contributed by atoms with Crippen molar-refractivity contribution in [2.75, 3.05) is 0 Å². The highest BCUT2D eigenvalue weighted by Crippen LogP contribution is 2.30. The van der Waals surface area contributed by atoms with Gasteiger partial charge in [0.05, 0.1) is 6.20 Å². The zero-order valence-electron chi connectivity index (χ0n) is 11.0. The van der Waals surface area contributed by atoms with Gasteiger partial charge in [-0.25, -0.2) is 9.97 Å². The van der Waals surface area contributed by atoms with Crippen molar-refractivity contribution in [1.29, 1.82) is 0 Å². The van der Waals surface area contributed by atoms with Crippen molar-refractivity contribution in [2.45, 2.75) is 38.6 Å². The Morgan fingerprint density at radius 3 is 2.70 bits per heavy atom. The average molecular weight is 293 g/mol. The van der Waals surface area contributed by atoms with Gasteiger partial charge in [-0.3, -0.25) is 14.2 Å². The van der Waals surface area contributed by atoms with Gasteiger partial charge in [0.25, 0.3) is 5.56 Å². The van der Waals surface area contributed by atoms with Gasteiger partial charge in [0, 0.05) is 13.0 Å². The lowest BCUT2D eigenvalue weighted by Crippen LogP contribution is -2.30. The van der Waals surface area contributed by atoms with Crippen molar-refractivity contribution >= 4 is 28.5 Å². The number of hydrogen-bond acceptors (Lipinski definition) is 5. The third-order valence-electron chi connectivity index (χ3n) is 3.63. The summed E-state index contributed by atoms with van der Waals surface area (Å²) in [5.41, 5.74) is 0.389. The molecule has 0 unspecified atom stereocenters. The Labute approximate surface area is 119 Å². The number of nitrogens with zero attached hydrogens (tertiary/aromatic N) is 4. The highest BCUT2D eigenvalue weighted by Gasteiger charge is 2.24. The van der Waals surface area contributed by atoms with E-state index in [1.807, 2.05) is 0 Å². The van der Waals surface area contributed by atoms with Gasteiger partial charge in [-0.2, -0.15) is 4.98 Å². The molecule has 0 radical (unpaired) electrons. The molecule has 104 valence electrons. The summed E-state index contributed by atoms with van der Waals surface area (Å²) >= 11 is 5.82. The van der Waals surface area contributed by atoms with Crippen LogP contribution in [-0.2, 0) is 0 Å². The van der Waals surface area contributed by atoms with Crippen LogP contribution in [0.25, 0.3) is 11.2 Å². The van der Waals surface area contributed by atoms with E-state index in [0.29, 0.717) is 11.2 Å². The lowest BCUT2D eigenvalue weighted by molar-refractivity contribution is 0.101. The van der Waals surface area contributed by atoms with E-state index < -0.39 is 0 Å². The molecule has 1 aliphatic rings. The van der Waals surface area contributed by atoms with Gasteiger partial charge < -0.3 is 0 Å². The van der Waals surface area contributed by atoms with Crippen LogP contribution in [0.2, 0.25) is 5.28 Å². The Bertz CT molecular complexity index is 750. The van der Waals surface area contributed by atoms with E-state index in [4.69, 9.17) is 11.6 Å². The quantitative estimate of drug-likeness (QED) is 0.626. The summed E-state index contributed by atoms with van der Waals surface area (Å²) < 4.78 is 1.57. The maximum Gasteiger partial charge on any atom is 0.282 e. The smallest absolute Gasteiger partial charge is 0.282 e. The second-order valence-corrected chi connectivity index (χ2v) is 5.32. The molecule has 20 heavy (non-hydrogen) atoms. The van der Waals surface area contributed by atoms with Gasteiger partial charge >= 0.3 is 0 Å². The molecule has 0 N–H and O–H groups in total. The highest BCUT2D eigenvalue weighted by molar-refractivity contribution is 6.28. The Kier molecular flexibility index (Phi) is 3.25. The Morgan fingerprint density at radius 2 is 2.05 bits per heavy atom. The number of fused-ring (bicyclic) bond motifs is 1. The van der Waals surface area contributed by atoms with Gasteiger partial charge in [-0.05, 0) is 24.4 Å². The van der Waals surface area contributed by atoms with E-state index in [9.17, 15) is 9.59 Å². The van der Waals surface area contributed by atoms with Crippen LogP contribution in [0.1, 0.15) is 49.1 Å².